The van der Waals surface area contributed by atoms with Gasteiger partial charge >= 0.3 is 6.03 Å². The highest BCUT2D eigenvalue weighted by Gasteiger charge is 2.44. The molecule has 2 aliphatic heterocycles. The first-order valence-electron chi connectivity index (χ1n) is 5.61. The van der Waals surface area contributed by atoms with E-state index in [2.05, 4.69) is 5.32 Å². The molecule has 1 unspecified atom stereocenters. The molecule has 0 saturated carbocycles. The van der Waals surface area contributed by atoms with Crippen molar-refractivity contribution in [3.8, 4) is 0 Å². The van der Waals surface area contributed by atoms with Gasteiger partial charge in [0.25, 0.3) is 0 Å². The zero-order valence-corrected chi connectivity index (χ0v) is 10.2. The number of ketones is 1. The lowest BCUT2D eigenvalue weighted by Gasteiger charge is -2.36. The number of halogens is 1. The molecule has 8 heteroatoms. The average Bonchev–Trinajstić information content (AvgIpc) is 2.82. The molecule has 104 valence electrons. The highest BCUT2D eigenvalue weighted by atomic mass is 19.1. The molecule has 4 N–H and O–H groups in total. The van der Waals surface area contributed by atoms with Crippen LogP contribution in [0.4, 0.5) is 9.18 Å². The molecule has 0 aromatic carbocycles. The number of carbonyl (C=O) groups is 2. The van der Waals surface area contributed by atoms with Crippen molar-refractivity contribution in [3.63, 3.8) is 0 Å². The highest BCUT2D eigenvalue weighted by Crippen LogP contribution is 2.24. The van der Waals surface area contributed by atoms with Gasteiger partial charge in [-0.25, -0.2) is 9.18 Å². The number of nitrogens with two attached hydrogens (primary N) is 1. The van der Waals surface area contributed by atoms with Crippen molar-refractivity contribution in [1.29, 1.82) is 0 Å². The normalized spacial score (nSPS) is 34.2. The number of rotatable bonds is 3. The Labute approximate surface area is 108 Å². The molecule has 0 saturated heterocycles. The van der Waals surface area contributed by atoms with E-state index in [0.717, 1.165) is 18.0 Å². The van der Waals surface area contributed by atoms with E-state index in [1.165, 1.54) is 6.08 Å². The summed E-state index contributed by atoms with van der Waals surface area (Å²) in [5.74, 6) is -1.70. The Morgan fingerprint density at radius 3 is 2.89 bits per heavy atom. The molecule has 2 rings (SSSR count). The van der Waals surface area contributed by atoms with Crippen molar-refractivity contribution in [2.45, 2.75) is 24.9 Å². The molecule has 7 nitrogen and oxygen atoms in total. The number of nitrogens with zero attached hydrogens (tertiary/aromatic N) is 1. The van der Waals surface area contributed by atoms with E-state index in [1.807, 2.05) is 0 Å². The van der Waals surface area contributed by atoms with E-state index in [-0.39, 0.29) is 6.61 Å². The van der Waals surface area contributed by atoms with Gasteiger partial charge in [0.05, 0.1) is 6.61 Å². The minimum atomic E-state index is -2.13. The number of aliphatic hydroxyl groups excluding tert-OH is 1. The van der Waals surface area contributed by atoms with Crippen LogP contribution in [-0.2, 0) is 9.53 Å². The Hall–Kier alpha value is -1.77. The second kappa shape index (κ2) is 4.72. The summed E-state index contributed by atoms with van der Waals surface area (Å²) < 4.78 is 19.1. The number of aliphatic hydroxyl groups is 1. The van der Waals surface area contributed by atoms with Crippen LogP contribution in [0.15, 0.2) is 24.2 Å². The Morgan fingerprint density at radius 2 is 2.37 bits per heavy atom. The molecule has 0 aliphatic carbocycles. The van der Waals surface area contributed by atoms with E-state index in [9.17, 15) is 14.0 Å². The van der Waals surface area contributed by atoms with Crippen LogP contribution in [0.3, 0.4) is 0 Å². The van der Waals surface area contributed by atoms with Crippen LogP contribution in [0.2, 0.25) is 0 Å². The molecule has 0 spiro atoms. The Bertz CT molecular complexity index is 479. The highest BCUT2D eigenvalue weighted by molar-refractivity contribution is 5.94. The Morgan fingerprint density at radius 1 is 1.68 bits per heavy atom. The minimum Gasteiger partial charge on any atom is -0.393 e. The van der Waals surface area contributed by atoms with Gasteiger partial charge in [0.15, 0.2) is 17.8 Å². The van der Waals surface area contributed by atoms with E-state index in [0.29, 0.717) is 0 Å². The molecule has 0 aromatic rings. The lowest BCUT2D eigenvalue weighted by molar-refractivity contribution is -0.122. The van der Waals surface area contributed by atoms with Gasteiger partial charge in [-0.3, -0.25) is 15.4 Å². The first-order valence-corrected chi connectivity index (χ1v) is 5.61. The summed E-state index contributed by atoms with van der Waals surface area (Å²) in [5.41, 5.74) is 3.37. The minimum absolute atomic E-state index is 0.247. The molecular weight excluding hydrogens is 257 g/mol. The number of ether oxygens (including phenoxy) is 1. The van der Waals surface area contributed by atoms with Crippen LogP contribution < -0.4 is 11.1 Å². The van der Waals surface area contributed by atoms with Gasteiger partial charge < -0.3 is 15.2 Å². The van der Waals surface area contributed by atoms with Gasteiger partial charge in [-0.1, -0.05) is 6.08 Å². The van der Waals surface area contributed by atoms with Gasteiger partial charge in [-0.2, -0.15) is 0 Å². The fraction of sp³-hybridized carbons (Fsp3) is 0.455. The molecule has 2 aliphatic rings. The molecule has 2 amide bonds. The zero-order valence-electron chi connectivity index (χ0n) is 10.2. The van der Waals surface area contributed by atoms with Gasteiger partial charge in [0.1, 0.15) is 6.10 Å². The van der Waals surface area contributed by atoms with Gasteiger partial charge in [0, 0.05) is 6.20 Å². The lowest BCUT2D eigenvalue weighted by atomic mass is 10.0. The Balaban J connectivity index is 2.22. The molecule has 2 heterocycles. The fourth-order valence-electron chi connectivity index (χ4n) is 1.77. The maximum Gasteiger partial charge on any atom is 0.326 e. The number of carbonyl (C=O) groups excluding carboxylic acids is 2. The Kier molecular flexibility index (Phi) is 3.40. The second-order valence-electron chi connectivity index (χ2n) is 4.31. The maximum atomic E-state index is 13.9. The number of hydrogen-bond donors (Lipinski definition) is 3. The quantitative estimate of drug-likeness (QED) is 0.591. The third-order valence-electron chi connectivity index (χ3n) is 2.98. The largest absolute Gasteiger partial charge is 0.393 e. The number of nitrogens with one attached hydrogen (secondary N) is 1. The third kappa shape index (κ3) is 2.25. The van der Waals surface area contributed by atoms with Crippen molar-refractivity contribution in [2.24, 2.45) is 5.73 Å². The van der Waals surface area contributed by atoms with Gasteiger partial charge in [0.2, 0.25) is 5.66 Å². The topological polar surface area (TPSA) is 105 Å². The summed E-state index contributed by atoms with van der Waals surface area (Å²) >= 11 is 0. The predicted octanol–water partition coefficient (Wildman–Crippen LogP) is -0.660. The molecule has 0 radical (unpaired) electrons. The summed E-state index contributed by atoms with van der Waals surface area (Å²) in [4.78, 5) is 24.0. The summed E-state index contributed by atoms with van der Waals surface area (Å²) in [6.07, 6.45) is 2.49. The van der Waals surface area contributed by atoms with E-state index in [4.69, 9.17) is 15.6 Å². The third-order valence-corrected chi connectivity index (χ3v) is 2.98. The predicted molar refractivity (Wildman–Crippen MR) is 62.0 cm³/mol. The number of hydrogen-bond acceptors (Lipinski definition) is 5. The molecular formula is C11H14FN3O4. The molecule has 0 fully saturated rings. The summed E-state index contributed by atoms with van der Waals surface area (Å²) in [6, 6.07) is -0.757. The van der Waals surface area contributed by atoms with Gasteiger partial charge in [-0.05, 0) is 13.0 Å². The van der Waals surface area contributed by atoms with Crippen molar-refractivity contribution in [3.05, 3.63) is 24.2 Å². The van der Waals surface area contributed by atoms with E-state index >= 15 is 0 Å². The molecule has 0 bridgehead atoms. The smallest absolute Gasteiger partial charge is 0.326 e. The lowest BCUT2D eigenvalue weighted by Crippen LogP contribution is -2.66. The summed E-state index contributed by atoms with van der Waals surface area (Å²) in [5, 5.41) is 11.0. The number of urea groups is 1. The van der Waals surface area contributed by atoms with Crippen molar-refractivity contribution >= 4 is 11.8 Å². The number of Topliss-reactive ketones (excluding diaryl/α,β-unsaturated/α-hetero) is 1. The SMILES string of the molecule is CC(=O)C1(N)NC(=O)N([C@H]2C=C[C@@H](CO)O2)C=C1F. The van der Waals surface area contributed by atoms with Crippen molar-refractivity contribution in [2.75, 3.05) is 6.61 Å². The van der Waals surface area contributed by atoms with Crippen LogP contribution in [0.5, 0.6) is 0 Å². The van der Waals surface area contributed by atoms with Crippen LogP contribution in [-0.4, -0.2) is 46.4 Å². The van der Waals surface area contributed by atoms with Crippen LogP contribution in [0.25, 0.3) is 0 Å². The van der Waals surface area contributed by atoms with E-state index < -0.39 is 35.6 Å². The van der Waals surface area contributed by atoms with Crippen molar-refractivity contribution in [1.82, 2.24) is 10.2 Å². The standard InChI is InChI=1S/C11H14FN3O4/c1-6(17)11(13)8(12)4-15(10(18)14-11)9-3-2-7(5-16)19-9/h2-4,7,9,16H,5,13H2,1H3,(H,14,18)/t7-,9+,11?/m0/s1. The number of amides is 2. The summed E-state index contributed by atoms with van der Waals surface area (Å²) in [7, 11) is 0. The first kappa shape index (κ1) is 13.7. The van der Waals surface area contributed by atoms with Gasteiger partial charge in [-0.15, -0.1) is 0 Å². The molecule has 3 atom stereocenters. The summed E-state index contributed by atoms with van der Waals surface area (Å²) in [6.45, 7) is 0.833. The van der Waals surface area contributed by atoms with E-state index in [1.54, 1.807) is 6.08 Å². The zero-order chi connectivity index (χ0) is 14.2. The fourth-order valence-corrected chi connectivity index (χ4v) is 1.77. The van der Waals surface area contributed by atoms with Crippen molar-refractivity contribution < 1.29 is 23.8 Å². The van der Waals surface area contributed by atoms with Crippen LogP contribution in [0, 0.1) is 0 Å². The van der Waals surface area contributed by atoms with Crippen LogP contribution >= 0.6 is 0 Å². The molecule has 19 heavy (non-hydrogen) atoms. The first-order chi connectivity index (χ1) is 8.88. The monoisotopic (exact) mass is 271 g/mol. The molecule has 0 aromatic heterocycles. The maximum absolute atomic E-state index is 13.9. The van der Waals surface area contributed by atoms with Crippen LogP contribution in [0.1, 0.15) is 6.92 Å². The average molecular weight is 271 g/mol. The second-order valence-corrected chi connectivity index (χ2v) is 4.31.